The van der Waals surface area contributed by atoms with Crippen molar-refractivity contribution in [3.8, 4) is 0 Å². The summed E-state index contributed by atoms with van der Waals surface area (Å²) in [7, 11) is 0. The second kappa shape index (κ2) is 3.05. The fourth-order valence-corrected chi connectivity index (χ4v) is 5.23. The molecule has 0 bridgehead atoms. The average molecular weight is 211 g/mol. The van der Waals surface area contributed by atoms with Crippen LogP contribution in [-0.4, -0.2) is 21.7 Å². The van der Waals surface area contributed by atoms with E-state index in [0.717, 1.165) is 6.42 Å². The van der Waals surface area contributed by atoms with Gasteiger partial charge < -0.3 is 0 Å². The fourth-order valence-electron chi connectivity index (χ4n) is 0.779. The summed E-state index contributed by atoms with van der Waals surface area (Å²) in [6.07, 6.45) is 3.29. The second-order valence-corrected chi connectivity index (χ2v) is 8.42. The Bertz CT molecular complexity index is 147. The molecule has 0 aromatic rings. The zero-order chi connectivity index (χ0) is 5.82. The first-order chi connectivity index (χ1) is 3.93. The van der Waals surface area contributed by atoms with E-state index in [-0.39, 0.29) is 0 Å². The standard InChI is InChI=1S/C4H6.In.N3/c1-3-4-2;;1-3-2/h1,3H,2,4H2;;/q;+1;-1. The molecule has 0 atom stereocenters. The van der Waals surface area contributed by atoms with Gasteiger partial charge in [-0.1, -0.05) is 0 Å². The maximum atomic E-state index is 8.00. The van der Waals surface area contributed by atoms with Crippen LogP contribution in [0.15, 0.2) is 13.0 Å². The van der Waals surface area contributed by atoms with Crippen LogP contribution in [0.25, 0.3) is 10.4 Å². The summed E-state index contributed by atoms with van der Waals surface area (Å²) in [5.41, 5.74) is 8.00. The summed E-state index contributed by atoms with van der Waals surface area (Å²) in [5.74, 6) is 0. The Morgan fingerprint density at radius 2 is 2.62 bits per heavy atom. The van der Waals surface area contributed by atoms with Crippen molar-refractivity contribution >= 4 is 21.7 Å². The van der Waals surface area contributed by atoms with E-state index in [0.29, 0.717) is 0 Å². The van der Waals surface area contributed by atoms with Crippen LogP contribution in [0.4, 0.5) is 0 Å². The Hall–Kier alpha value is -0.0799. The number of hydrogen-bond donors (Lipinski definition) is 0. The average Bonchev–Trinajstić information content (AvgIpc) is 2.19. The van der Waals surface area contributed by atoms with Gasteiger partial charge in [0.15, 0.2) is 0 Å². The van der Waals surface area contributed by atoms with Gasteiger partial charge in [-0.2, -0.15) is 0 Å². The van der Waals surface area contributed by atoms with E-state index in [9.17, 15) is 0 Å². The third kappa shape index (κ3) is 1.46. The van der Waals surface area contributed by atoms with E-state index in [1.165, 1.54) is 4.18 Å². The Labute approximate surface area is 55.9 Å². The van der Waals surface area contributed by atoms with Crippen molar-refractivity contribution < 1.29 is 0 Å². The molecular formula is C4H6InN3. The first-order valence-electron chi connectivity index (χ1n) is 2.64. The molecule has 0 saturated heterocycles. The van der Waals surface area contributed by atoms with E-state index in [2.05, 4.69) is 17.9 Å². The van der Waals surface area contributed by atoms with Crippen LogP contribution in [0.1, 0.15) is 6.42 Å². The van der Waals surface area contributed by atoms with Gasteiger partial charge in [-0.05, 0) is 0 Å². The summed E-state index contributed by atoms with van der Waals surface area (Å²) >= 11 is -1.66. The van der Waals surface area contributed by atoms with Gasteiger partial charge in [-0.25, -0.2) is 0 Å². The van der Waals surface area contributed by atoms with Gasteiger partial charge in [0, 0.05) is 0 Å². The zero-order valence-electron chi connectivity index (χ0n) is 4.49. The molecule has 0 spiro atoms. The number of nitrogens with zero attached hydrogens (tertiary/aromatic N) is 3. The summed E-state index contributed by atoms with van der Waals surface area (Å²) in [6, 6.07) is 0. The molecular weight excluding hydrogens is 205 g/mol. The van der Waals surface area contributed by atoms with Gasteiger partial charge >= 0.3 is 55.8 Å². The van der Waals surface area contributed by atoms with E-state index < -0.39 is 21.7 Å². The molecule has 3 nitrogen and oxygen atoms in total. The van der Waals surface area contributed by atoms with E-state index in [1.807, 2.05) is 0 Å². The molecule has 0 aromatic carbocycles. The summed E-state index contributed by atoms with van der Waals surface area (Å²) < 4.78 is 7.08. The quantitative estimate of drug-likeness (QED) is 0.360. The minimum absolute atomic E-state index is 1.15. The van der Waals surface area contributed by atoms with Crippen molar-refractivity contribution in [2.45, 2.75) is 10.6 Å². The van der Waals surface area contributed by atoms with Crippen molar-refractivity contribution in [1.82, 2.24) is 0 Å². The van der Waals surface area contributed by atoms with Crippen molar-refractivity contribution in [3.05, 3.63) is 20.4 Å². The molecule has 4 heteroatoms. The number of allylic oxidation sites excluding steroid dienone is 1. The van der Waals surface area contributed by atoms with Gasteiger partial charge in [0.1, 0.15) is 0 Å². The van der Waals surface area contributed by atoms with Crippen molar-refractivity contribution in [2.75, 3.05) is 0 Å². The maximum absolute atomic E-state index is 8.00. The normalized spacial score (nSPS) is 16.2. The monoisotopic (exact) mass is 211 g/mol. The Kier molecular flexibility index (Phi) is 2.30. The van der Waals surface area contributed by atoms with Crippen LogP contribution in [0.3, 0.4) is 0 Å². The molecule has 8 heavy (non-hydrogen) atoms. The molecule has 40 valence electrons. The SMILES string of the molecule is [N-]=[N+]=[N][In]1[CH]=CC[CH2]1. The molecule has 0 N–H and O–H groups in total. The van der Waals surface area contributed by atoms with Crippen LogP contribution >= 0.6 is 0 Å². The van der Waals surface area contributed by atoms with Gasteiger partial charge in [-0.15, -0.1) is 0 Å². The second-order valence-electron chi connectivity index (χ2n) is 1.78. The number of rotatable bonds is 1. The van der Waals surface area contributed by atoms with Gasteiger partial charge in [0.2, 0.25) is 0 Å². The molecule has 0 radical (unpaired) electrons. The van der Waals surface area contributed by atoms with Crippen LogP contribution < -0.4 is 0 Å². The van der Waals surface area contributed by atoms with Crippen molar-refractivity contribution in [3.63, 3.8) is 0 Å². The van der Waals surface area contributed by atoms with E-state index >= 15 is 0 Å². The molecule has 0 amide bonds. The summed E-state index contributed by atoms with van der Waals surface area (Å²) in [4.78, 5) is 2.78. The molecule has 0 unspecified atom stereocenters. The van der Waals surface area contributed by atoms with Crippen LogP contribution in [0.2, 0.25) is 4.18 Å². The minimum atomic E-state index is -1.66. The van der Waals surface area contributed by atoms with Crippen molar-refractivity contribution in [1.29, 1.82) is 0 Å². The first-order valence-corrected chi connectivity index (χ1v) is 8.35. The van der Waals surface area contributed by atoms with E-state index in [1.54, 1.807) is 0 Å². The Morgan fingerprint density at radius 3 is 3.12 bits per heavy atom. The molecule has 0 aliphatic carbocycles. The Morgan fingerprint density at radius 1 is 1.75 bits per heavy atom. The molecule has 0 aromatic heterocycles. The summed E-state index contributed by atoms with van der Waals surface area (Å²) in [6.45, 7) is 0. The molecule has 1 aliphatic heterocycles. The topological polar surface area (TPSA) is 48.8 Å². The van der Waals surface area contributed by atoms with Crippen LogP contribution in [0, 0.1) is 0 Å². The first kappa shape index (κ1) is 6.05. The van der Waals surface area contributed by atoms with Gasteiger partial charge in [0.25, 0.3) is 0 Å². The predicted octanol–water partition coefficient (Wildman–Crippen LogP) is 1.79. The predicted molar refractivity (Wildman–Crippen MR) is 33.5 cm³/mol. The number of azide groups is 1. The molecule has 1 heterocycles. The Balaban J connectivity index is 2.48. The molecule has 0 fully saturated rings. The molecule has 1 aliphatic rings. The molecule has 1 rings (SSSR count). The van der Waals surface area contributed by atoms with Gasteiger partial charge in [-0.3, -0.25) is 0 Å². The fraction of sp³-hybridized carbons (Fsp3) is 0.500. The zero-order valence-corrected chi connectivity index (χ0v) is 7.78. The summed E-state index contributed by atoms with van der Waals surface area (Å²) in [5, 5.41) is 0. The van der Waals surface area contributed by atoms with E-state index in [4.69, 9.17) is 5.53 Å². The number of hydrogen-bond acceptors (Lipinski definition) is 1. The third-order valence-corrected chi connectivity index (χ3v) is 7.01. The third-order valence-electron chi connectivity index (χ3n) is 1.19. The van der Waals surface area contributed by atoms with Gasteiger partial charge in [0.05, 0.1) is 0 Å². The van der Waals surface area contributed by atoms with Crippen LogP contribution in [0.5, 0.6) is 0 Å². The molecule has 0 saturated carbocycles. The van der Waals surface area contributed by atoms with Crippen LogP contribution in [-0.2, 0) is 0 Å². The van der Waals surface area contributed by atoms with Crippen molar-refractivity contribution in [2.24, 2.45) is 3.10 Å².